The number of hydrogen-bond acceptors (Lipinski definition) is 6. The number of halogens is 1. The summed E-state index contributed by atoms with van der Waals surface area (Å²) in [6.45, 7) is 5.89. The van der Waals surface area contributed by atoms with Crippen molar-refractivity contribution in [1.29, 1.82) is 0 Å². The number of aromatic nitrogens is 5. The molecule has 3 rings (SSSR count). The molecule has 0 unspecified atom stereocenters. The molecule has 1 amide bonds. The van der Waals surface area contributed by atoms with Crippen LogP contribution in [0, 0.1) is 5.82 Å². The molecule has 0 saturated heterocycles. The maximum absolute atomic E-state index is 13.4. The Bertz CT molecular complexity index is 1180. The predicted molar refractivity (Wildman–Crippen MR) is 131 cm³/mol. The SMILES string of the molecule is CCC(C)=C(C(=O)Nc1ccn(C)n1)/C(=C\C=C(/C)Sc1ncn[nH]1)Sc1ccc(F)cc1. The summed E-state index contributed by atoms with van der Waals surface area (Å²) in [4.78, 5) is 20.0. The molecule has 0 radical (unpaired) electrons. The van der Waals surface area contributed by atoms with Crippen molar-refractivity contribution in [3.05, 3.63) is 81.8 Å². The van der Waals surface area contributed by atoms with Crippen LogP contribution < -0.4 is 5.32 Å². The Hall–Kier alpha value is -3.11. The number of allylic oxidation sites excluding steroid dienone is 4. The first-order valence-electron chi connectivity index (χ1n) is 10.2. The zero-order valence-electron chi connectivity index (χ0n) is 18.8. The second kappa shape index (κ2) is 11.7. The highest BCUT2D eigenvalue weighted by Crippen LogP contribution is 2.35. The summed E-state index contributed by atoms with van der Waals surface area (Å²) in [7, 11) is 1.79. The fourth-order valence-corrected chi connectivity index (χ4v) is 4.44. The number of rotatable bonds is 9. The van der Waals surface area contributed by atoms with Gasteiger partial charge in [-0.05, 0) is 55.5 Å². The summed E-state index contributed by atoms with van der Waals surface area (Å²) in [5.41, 5.74) is 1.49. The van der Waals surface area contributed by atoms with Crippen LogP contribution >= 0.6 is 23.5 Å². The van der Waals surface area contributed by atoms with E-state index in [0.29, 0.717) is 23.0 Å². The molecule has 2 aromatic heterocycles. The quantitative estimate of drug-likeness (QED) is 0.230. The van der Waals surface area contributed by atoms with Crippen LogP contribution in [0.1, 0.15) is 27.2 Å². The number of nitrogens with zero attached hydrogens (tertiary/aromatic N) is 4. The number of benzene rings is 1. The number of carbonyl (C=O) groups excluding carboxylic acids is 1. The van der Waals surface area contributed by atoms with Gasteiger partial charge >= 0.3 is 0 Å². The third kappa shape index (κ3) is 7.19. The first-order valence-corrected chi connectivity index (χ1v) is 11.8. The number of thioether (sulfide) groups is 2. The van der Waals surface area contributed by atoms with Crippen LogP contribution in [-0.4, -0.2) is 30.9 Å². The van der Waals surface area contributed by atoms with E-state index in [2.05, 4.69) is 25.6 Å². The second-order valence-corrected chi connectivity index (χ2v) is 9.44. The molecule has 0 spiro atoms. The normalized spacial score (nSPS) is 13.1. The molecule has 0 aliphatic rings. The second-order valence-electron chi connectivity index (χ2n) is 7.09. The van der Waals surface area contributed by atoms with Crippen molar-refractivity contribution in [1.82, 2.24) is 25.0 Å². The van der Waals surface area contributed by atoms with Crippen molar-refractivity contribution in [2.24, 2.45) is 7.05 Å². The van der Waals surface area contributed by atoms with E-state index >= 15 is 0 Å². The monoisotopic (exact) mass is 484 g/mol. The van der Waals surface area contributed by atoms with Crippen molar-refractivity contribution in [3.63, 3.8) is 0 Å². The highest BCUT2D eigenvalue weighted by atomic mass is 32.2. The minimum absolute atomic E-state index is 0.247. The zero-order chi connectivity index (χ0) is 23.8. The van der Waals surface area contributed by atoms with E-state index in [0.717, 1.165) is 20.3 Å². The largest absolute Gasteiger partial charge is 0.305 e. The van der Waals surface area contributed by atoms with E-state index in [1.165, 1.54) is 42.0 Å². The number of amides is 1. The van der Waals surface area contributed by atoms with Crippen LogP contribution in [0.3, 0.4) is 0 Å². The van der Waals surface area contributed by atoms with Gasteiger partial charge < -0.3 is 5.32 Å². The summed E-state index contributed by atoms with van der Waals surface area (Å²) < 4.78 is 15.1. The predicted octanol–water partition coefficient (Wildman–Crippen LogP) is 5.71. The highest BCUT2D eigenvalue weighted by Gasteiger charge is 2.19. The molecule has 0 atom stereocenters. The van der Waals surface area contributed by atoms with Crippen molar-refractivity contribution in [2.75, 3.05) is 5.32 Å². The van der Waals surface area contributed by atoms with Gasteiger partial charge in [-0.15, -0.1) is 0 Å². The average Bonchev–Trinajstić information content (AvgIpc) is 3.44. The Labute approximate surface area is 200 Å². The highest BCUT2D eigenvalue weighted by molar-refractivity contribution is 8.03. The number of aryl methyl sites for hydroxylation is 1. The van der Waals surface area contributed by atoms with Crippen LogP contribution in [0.4, 0.5) is 10.2 Å². The van der Waals surface area contributed by atoms with Crippen molar-refractivity contribution < 1.29 is 9.18 Å². The number of anilines is 1. The molecule has 172 valence electrons. The summed E-state index contributed by atoms with van der Waals surface area (Å²) in [5.74, 6) is -0.0806. The van der Waals surface area contributed by atoms with E-state index in [4.69, 9.17) is 0 Å². The molecule has 33 heavy (non-hydrogen) atoms. The zero-order valence-corrected chi connectivity index (χ0v) is 20.4. The molecule has 2 heterocycles. The van der Waals surface area contributed by atoms with Crippen LogP contribution in [0.2, 0.25) is 0 Å². The lowest BCUT2D eigenvalue weighted by Gasteiger charge is -2.15. The maximum atomic E-state index is 13.4. The Kier molecular flexibility index (Phi) is 8.67. The number of H-pyrrole nitrogens is 1. The minimum Gasteiger partial charge on any atom is -0.305 e. The average molecular weight is 485 g/mol. The summed E-state index contributed by atoms with van der Waals surface area (Å²) in [6.07, 6.45) is 7.74. The summed E-state index contributed by atoms with van der Waals surface area (Å²) in [6, 6.07) is 7.95. The van der Waals surface area contributed by atoms with Crippen molar-refractivity contribution in [3.8, 4) is 0 Å². The molecule has 0 aliphatic carbocycles. The lowest BCUT2D eigenvalue weighted by atomic mass is 10.1. The Morgan fingerprint density at radius 1 is 1.18 bits per heavy atom. The fraction of sp³-hybridized carbons (Fsp3) is 0.217. The first kappa shape index (κ1) is 24.5. The van der Waals surface area contributed by atoms with E-state index < -0.39 is 0 Å². The van der Waals surface area contributed by atoms with Gasteiger partial charge in [0.05, 0.1) is 5.57 Å². The van der Waals surface area contributed by atoms with Gasteiger partial charge in [0, 0.05) is 29.1 Å². The van der Waals surface area contributed by atoms with Gasteiger partial charge in [0.2, 0.25) is 0 Å². The fourth-order valence-electron chi connectivity index (χ4n) is 2.77. The van der Waals surface area contributed by atoms with Gasteiger partial charge in [-0.25, -0.2) is 9.37 Å². The number of carbonyl (C=O) groups is 1. The van der Waals surface area contributed by atoms with E-state index in [-0.39, 0.29) is 11.7 Å². The van der Waals surface area contributed by atoms with Crippen LogP contribution in [0.5, 0.6) is 0 Å². The molecule has 3 aromatic rings. The molecule has 10 heteroatoms. The van der Waals surface area contributed by atoms with E-state index in [1.54, 1.807) is 36.1 Å². The van der Waals surface area contributed by atoms with Crippen LogP contribution in [0.15, 0.2) is 86.0 Å². The third-order valence-corrected chi connectivity index (χ3v) is 6.46. The van der Waals surface area contributed by atoms with Gasteiger partial charge in [-0.2, -0.15) is 10.2 Å². The molecular formula is C23H25FN6OS2. The summed E-state index contributed by atoms with van der Waals surface area (Å²) >= 11 is 2.84. The van der Waals surface area contributed by atoms with Gasteiger partial charge in [0.15, 0.2) is 11.0 Å². The topological polar surface area (TPSA) is 88.5 Å². The van der Waals surface area contributed by atoms with Crippen LogP contribution in [0.25, 0.3) is 0 Å². The molecule has 0 bridgehead atoms. The van der Waals surface area contributed by atoms with Gasteiger partial charge in [-0.1, -0.05) is 42.1 Å². The smallest absolute Gasteiger partial charge is 0.257 e. The first-order chi connectivity index (χ1) is 15.9. The molecule has 2 N–H and O–H groups in total. The Morgan fingerprint density at radius 3 is 2.55 bits per heavy atom. The maximum Gasteiger partial charge on any atom is 0.257 e. The van der Waals surface area contributed by atoms with Gasteiger partial charge in [-0.3, -0.25) is 14.6 Å². The van der Waals surface area contributed by atoms with Gasteiger partial charge in [0.25, 0.3) is 5.91 Å². The summed E-state index contributed by atoms with van der Waals surface area (Å²) in [5, 5.41) is 14.5. The lowest BCUT2D eigenvalue weighted by molar-refractivity contribution is -0.112. The minimum atomic E-state index is -0.308. The molecule has 0 fully saturated rings. The van der Waals surface area contributed by atoms with E-state index in [1.807, 2.05) is 32.9 Å². The molecule has 7 nitrogen and oxygen atoms in total. The standard InChI is InChI=1S/C23H25FN6OS2/c1-5-15(2)21(22(31)27-20-12-13-30(4)29-20)19(33-18-9-7-17(24)8-10-18)11-6-16(3)32-23-25-14-26-28-23/h6-14H,5H2,1-4H3,(H,25,26,28)(H,27,29,31)/b16-6+,19-11+,21-15?. The van der Waals surface area contributed by atoms with Gasteiger partial charge in [0.1, 0.15) is 12.1 Å². The lowest BCUT2D eigenvalue weighted by Crippen LogP contribution is -2.17. The Morgan fingerprint density at radius 2 is 1.94 bits per heavy atom. The number of aromatic amines is 1. The molecule has 0 saturated carbocycles. The molecule has 1 aromatic carbocycles. The van der Waals surface area contributed by atoms with Crippen molar-refractivity contribution in [2.45, 2.75) is 37.2 Å². The number of hydrogen-bond donors (Lipinski definition) is 2. The van der Waals surface area contributed by atoms with Crippen LogP contribution in [-0.2, 0) is 11.8 Å². The van der Waals surface area contributed by atoms with E-state index in [9.17, 15) is 9.18 Å². The third-order valence-electron chi connectivity index (χ3n) is 4.55. The van der Waals surface area contributed by atoms with Crippen molar-refractivity contribution >= 4 is 35.2 Å². The Balaban J connectivity index is 1.97. The number of nitrogens with one attached hydrogen (secondary N) is 2. The molecular weight excluding hydrogens is 459 g/mol. The molecule has 0 aliphatic heterocycles.